The van der Waals surface area contributed by atoms with Crippen LogP contribution in [-0.4, -0.2) is 31.6 Å². The number of carbonyl (C=O) groups is 2. The summed E-state index contributed by atoms with van der Waals surface area (Å²) in [6, 6.07) is 9.55. The Bertz CT molecular complexity index is 469. The van der Waals surface area contributed by atoms with Crippen LogP contribution in [0.15, 0.2) is 30.3 Å². The highest BCUT2D eigenvalue weighted by molar-refractivity contribution is 5.85. The molecule has 0 aliphatic carbocycles. The molecule has 0 aliphatic heterocycles. The number of primary amides is 1. The Morgan fingerprint density at radius 2 is 1.71 bits per heavy atom. The molecule has 0 radical (unpaired) electrons. The fourth-order valence-electron chi connectivity index (χ4n) is 2.43. The summed E-state index contributed by atoms with van der Waals surface area (Å²) in [4.78, 5) is 22.5. The van der Waals surface area contributed by atoms with Gasteiger partial charge in [-0.2, -0.15) is 0 Å². The first kappa shape index (κ1) is 22.4. The summed E-state index contributed by atoms with van der Waals surface area (Å²) in [5, 5.41) is 3.24. The minimum absolute atomic E-state index is 0. The van der Waals surface area contributed by atoms with E-state index in [1.807, 2.05) is 30.3 Å². The number of unbranched alkanes of at least 4 members (excludes halogenated alkanes) is 4. The zero-order valence-electron chi connectivity index (χ0n) is 14.3. The first-order chi connectivity index (χ1) is 11.1. The molecule has 0 bridgehead atoms. The van der Waals surface area contributed by atoms with Crippen molar-refractivity contribution in [2.75, 3.05) is 13.7 Å². The molecule has 0 heterocycles. The van der Waals surface area contributed by atoms with Gasteiger partial charge >= 0.3 is 5.97 Å². The molecular formula is C18H29ClN2O3. The van der Waals surface area contributed by atoms with E-state index < -0.39 is 0 Å². The maximum absolute atomic E-state index is 11.5. The molecule has 1 rings (SSSR count). The molecule has 0 aromatic heterocycles. The average molecular weight is 357 g/mol. The van der Waals surface area contributed by atoms with Crippen molar-refractivity contribution in [2.45, 2.75) is 51.0 Å². The van der Waals surface area contributed by atoms with Gasteiger partial charge in [0, 0.05) is 6.42 Å². The molecule has 24 heavy (non-hydrogen) atoms. The second kappa shape index (κ2) is 13.8. The van der Waals surface area contributed by atoms with Crippen LogP contribution in [0.2, 0.25) is 0 Å². The van der Waals surface area contributed by atoms with E-state index in [9.17, 15) is 9.59 Å². The zero-order valence-corrected chi connectivity index (χ0v) is 15.1. The van der Waals surface area contributed by atoms with Crippen molar-refractivity contribution in [2.24, 2.45) is 5.73 Å². The van der Waals surface area contributed by atoms with Crippen molar-refractivity contribution in [1.29, 1.82) is 0 Å². The highest BCUT2D eigenvalue weighted by Crippen LogP contribution is 2.07. The molecule has 6 heteroatoms. The molecule has 0 unspecified atom stereocenters. The van der Waals surface area contributed by atoms with E-state index in [0.29, 0.717) is 12.8 Å². The summed E-state index contributed by atoms with van der Waals surface area (Å²) >= 11 is 0. The third-order valence-electron chi connectivity index (χ3n) is 3.80. The predicted octanol–water partition coefficient (Wildman–Crippen LogP) is 2.61. The molecule has 1 atom stereocenters. The summed E-state index contributed by atoms with van der Waals surface area (Å²) in [5.74, 6) is -0.455. The summed E-state index contributed by atoms with van der Waals surface area (Å²) in [5.41, 5.74) is 6.56. The number of amides is 1. The number of benzene rings is 1. The van der Waals surface area contributed by atoms with Crippen molar-refractivity contribution in [1.82, 2.24) is 5.32 Å². The predicted molar refractivity (Wildman–Crippen MR) is 98.1 cm³/mol. The fourth-order valence-corrected chi connectivity index (χ4v) is 2.43. The first-order valence-corrected chi connectivity index (χ1v) is 8.27. The zero-order chi connectivity index (χ0) is 16.9. The summed E-state index contributed by atoms with van der Waals surface area (Å²) in [6.07, 6.45) is 6.17. The van der Waals surface area contributed by atoms with Crippen LogP contribution < -0.4 is 11.1 Å². The van der Waals surface area contributed by atoms with Crippen molar-refractivity contribution in [3.8, 4) is 0 Å². The van der Waals surface area contributed by atoms with Gasteiger partial charge in [-0.1, -0.05) is 49.6 Å². The fraction of sp³-hybridized carbons (Fsp3) is 0.556. The van der Waals surface area contributed by atoms with Crippen LogP contribution in [0, 0.1) is 0 Å². The quantitative estimate of drug-likeness (QED) is 0.445. The lowest BCUT2D eigenvalue weighted by molar-refractivity contribution is -0.140. The van der Waals surface area contributed by atoms with Crippen molar-refractivity contribution in [3.63, 3.8) is 0 Å². The summed E-state index contributed by atoms with van der Waals surface area (Å²) < 4.78 is 4.60. The van der Waals surface area contributed by atoms with Gasteiger partial charge in [0.2, 0.25) is 5.91 Å². The molecule has 1 aromatic carbocycles. The third-order valence-corrected chi connectivity index (χ3v) is 3.80. The van der Waals surface area contributed by atoms with Gasteiger partial charge in [0.15, 0.2) is 0 Å². The van der Waals surface area contributed by atoms with Crippen molar-refractivity contribution in [3.05, 3.63) is 35.9 Å². The number of nitrogens with two attached hydrogens (primary N) is 1. The number of methoxy groups -OCH3 is 1. The Kier molecular flexibility index (Phi) is 12.9. The topological polar surface area (TPSA) is 81.4 Å². The number of esters is 1. The Balaban J connectivity index is 0.00000529. The van der Waals surface area contributed by atoms with Gasteiger partial charge in [-0.05, 0) is 31.4 Å². The molecular weight excluding hydrogens is 328 g/mol. The van der Waals surface area contributed by atoms with Crippen LogP contribution in [0.5, 0.6) is 0 Å². The van der Waals surface area contributed by atoms with E-state index in [-0.39, 0.29) is 30.3 Å². The molecule has 0 aliphatic rings. The number of hydrogen-bond donors (Lipinski definition) is 2. The van der Waals surface area contributed by atoms with Gasteiger partial charge < -0.3 is 15.8 Å². The Morgan fingerprint density at radius 3 is 2.33 bits per heavy atom. The highest BCUT2D eigenvalue weighted by Gasteiger charge is 2.14. The maximum Gasteiger partial charge on any atom is 0.305 e. The number of ether oxygens (including phenoxy) is 1. The minimum atomic E-state index is -0.322. The number of halogens is 1. The van der Waals surface area contributed by atoms with E-state index in [1.54, 1.807) is 0 Å². The molecule has 136 valence electrons. The number of rotatable bonds is 12. The van der Waals surface area contributed by atoms with Gasteiger partial charge in [-0.25, -0.2) is 0 Å². The van der Waals surface area contributed by atoms with Crippen LogP contribution in [0.25, 0.3) is 0 Å². The number of nitrogens with one attached hydrogen (secondary N) is 1. The Morgan fingerprint density at radius 1 is 1.08 bits per heavy atom. The van der Waals surface area contributed by atoms with E-state index in [1.165, 1.54) is 7.11 Å². The summed E-state index contributed by atoms with van der Waals surface area (Å²) in [7, 11) is 1.42. The summed E-state index contributed by atoms with van der Waals surface area (Å²) in [6.45, 7) is 0.775. The molecule has 0 saturated heterocycles. The average Bonchev–Trinajstić information content (AvgIpc) is 2.56. The molecule has 1 amide bonds. The lowest BCUT2D eigenvalue weighted by Gasteiger charge is -2.15. The highest BCUT2D eigenvalue weighted by atomic mass is 35.5. The largest absolute Gasteiger partial charge is 0.469 e. The van der Waals surface area contributed by atoms with Gasteiger partial charge in [0.25, 0.3) is 0 Å². The van der Waals surface area contributed by atoms with Gasteiger partial charge in [-0.15, -0.1) is 12.4 Å². The second-order valence-electron chi connectivity index (χ2n) is 5.69. The van der Waals surface area contributed by atoms with Crippen LogP contribution >= 0.6 is 12.4 Å². The van der Waals surface area contributed by atoms with Crippen LogP contribution in [0.4, 0.5) is 0 Å². The normalized spacial score (nSPS) is 11.4. The van der Waals surface area contributed by atoms with Crippen molar-refractivity contribution < 1.29 is 14.3 Å². The Labute approximate surface area is 150 Å². The van der Waals surface area contributed by atoms with E-state index >= 15 is 0 Å². The lowest BCUT2D eigenvalue weighted by Crippen LogP contribution is -2.43. The first-order valence-electron chi connectivity index (χ1n) is 8.27. The van der Waals surface area contributed by atoms with Gasteiger partial charge in [0.05, 0.1) is 13.2 Å². The maximum atomic E-state index is 11.5. The minimum Gasteiger partial charge on any atom is -0.469 e. The molecule has 5 nitrogen and oxygen atoms in total. The molecule has 1 aromatic rings. The van der Waals surface area contributed by atoms with Crippen LogP contribution in [-0.2, 0) is 20.7 Å². The molecule has 0 fully saturated rings. The van der Waals surface area contributed by atoms with Crippen LogP contribution in [0.3, 0.4) is 0 Å². The SMILES string of the molecule is COC(=O)CCCCCCCN[C@@H](Cc1ccccc1)C(N)=O.Cl. The molecule has 3 N–H and O–H groups in total. The van der Waals surface area contributed by atoms with E-state index in [2.05, 4.69) is 10.1 Å². The van der Waals surface area contributed by atoms with E-state index in [4.69, 9.17) is 5.73 Å². The van der Waals surface area contributed by atoms with E-state index in [0.717, 1.165) is 44.2 Å². The monoisotopic (exact) mass is 356 g/mol. The van der Waals surface area contributed by atoms with Gasteiger partial charge in [-0.3, -0.25) is 9.59 Å². The lowest BCUT2D eigenvalue weighted by atomic mass is 10.1. The molecule has 0 saturated carbocycles. The third kappa shape index (κ3) is 10.2. The molecule has 0 spiro atoms. The number of carbonyl (C=O) groups excluding carboxylic acids is 2. The van der Waals surface area contributed by atoms with Crippen molar-refractivity contribution >= 4 is 24.3 Å². The number of hydrogen-bond acceptors (Lipinski definition) is 4. The standard InChI is InChI=1S/C18H28N2O3.ClH/c1-23-17(21)12-8-3-2-4-9-13-20-16(18(19)22)14-15-10-6-5-7-11-15;/h5-7,10-11,16,20H,2-4,8-9,12-14H2,1H3,(H2,19,22);1H/t16-;/m0./s1. The van der Waals surface area contributed by atoms with Gasteiger partial charge in [0.1, 0.15) is 0 Å². The second-order valence-corrected chi connectivity index (χ2v) is 5.69. The Hall–Kier alpha value is -1.59. The smallest absolute Gasteiger partial charge is 0.305 e. The van der Waals surface area contributed by atoms with Crippen LogP contribution in [0.1, 0.15) is 44.1 Å².